The second-order valence-corrected chi connectivity index (χ2v) is 4.91. The molecule has 0 aliphatic heterocycles. The molecule has 0 aromatic carbocycles. The minimum atomic E-state index is 0.521. The molecule has 0 radical (unpaired) electrons. The van der Waals surface area contributed by atoms with Crippen molar-refractivity contribution in [2.75, 3.05) is 12.8 Å². The van der Waals surface area contributed by atoms with Crippen molar-refractivity contribution in [3.05, 3.63) is 29.6 Å². The summed E-state index contributed by atoms with van der Waals surface area (Å²) in [5.74, 6) is 0. The number of thioether (sulfide) groups is 1. The minimum Gasteiger partial charge on any atom is -0.313 e. The lowest BCUT2D eigenvalue weighted by Gasteiger charge is -2.09. The lowest BCUT2D eigenvalue weighted by molar-refractivity contribution is 0.646. The van der Waals surface area contributed by atoms with Gasteiger partial charge in [-0.3, -0.25) is 0 Å². The van der Waals surface area contributed by atoms with E-state index in [1.807, 2.05) is 23.9 Å². The zero-order valence-corrected chi connectivity index (χ0v) is 10.5. The second-order valence-electron chi connectivity index (χ2n) is 3.63. The molecule has 1 atom stereocenters. The van der Waals surface area contributed by atoms with Crippen molar-refractivity contribution in [1.82, 2.24) is 10.3 Å². The quantitative estimate of drug-likeness (QED) is 0.768. The molecule has 0 spiro atoms. The van der Waals surface area contributed by atoms with Gasteiger partial charge in [0.2, 0.25) is 0 Å². The maximum absolute atomic E-state index is 8.86. The smallest absolute Gasteiger partial charge is 0.144 e. The summed E-state index contributed by atoms with van der Waals surface area (Å²) >= 11 is 1.87. The van der Waals surface area contributed by atoms with Crippen LogP contribution in [0.2, 0.25) is 0 Å². The molecule has 1 aromatic heterocycles. The second kappa shape index (κ2) is 7.26. The SMILES string of the molecule is CSC(C)CCNCc1cccnc1C#N. The van der Waals surface area contributed by atoms with Gasteiger partial charge in [0.1, 0.15) is 11.8 Å². The van der Waals surface area contributed by atoms with Crippen molar-refractivity contribution in [3.8, 4) is 6.07 Å². The first-order chi connectivity index (χ1) is 7.77. The summed E-state index contributed by atoms with van der Waals surface area (Å²) in [5.41, 5.74) is 1.50. The molecule has 1 aromatic rings. The van der Waals surface area contributed by atoms with Gasteiger partial charge in [-0.15, -0.1) is 0 Å². The Morgan fingerprint density at radius 3 is 3.12 bits per heavy atom. The fourth-order valence-electron chi connectivity index (χ4n) is 1.33. The van der Waals surface area contributed by atoms with E-state index in [1.165, 1.54) is 0 Å². The summed E-state index contributed by atoms with van der Waals surface area (Å²) in [6.07, 6.45) is 4.92. The Labute approximate surface area is 101 Å². The van der Waals surface area contributed by atoms with Gasteiger partial charge in [-0.2, -0.15) is 17.0 Å². The van der Waals surface area contributed by atoms with Gasteiger partial charge in [-0.25, -0.2) is 4.98 Å². The van der Waals surface area contributed by atoms with Gasteiger partial charge in [0.05, 0.1) is 0 Å². The minimum absolute atomic E-state index is 0.521. The number of nitrogens with zero attached hydrogens (tertiary/aromatic N) is 2. The van der Waals surface area contributed by atoms with Crippen LogP contribution in [0.3, 0.4) is 0 Å². The van der Waals surface area contributed by atoms with Gasteiger partial charge in [0.25, 0.3) is 0 Å². The van der Waals surface area contributed by atoms with Crippen LogP contribution in [0, 0.1) is 11.3 Å². The summed E-state index contributed by atoms with van der Waals surface area (Å²) in [4.78, 5) is 4.02. The van der Waals surface area contributed by atoms with Crippen LogP contribution in [0.4, 0.5) is 0 Å². The van der Waals surface area contributed by atoms with E-state index in [0.717, 1.165) is 25.1 Å². The molecule has 0 bridgehead atoms. The Balaban J connectivity index is 2.35. The number of nitrogens with one attached hydrogen (secondary N) is 1. The molecule has 0 aliphatic carbocycles. The third-order valence-corrected chi connectivity index (χ3v) is 3.48. The molecular formula is C12H17N3S. The topological polar surface area (TPSA) is 48.7 Å². The van der Waals surface area contributed by atoms with Crippen LogP contribution < -0.4 is 5.32 Å². The average molecular weight is 235 g/mol. The van der Waals surface area contributed by atoms with Crippen molar-refractivity contribution >= 4 is 11.8 Å². The van der Waals surface area contributed by atoms with E-state index in [-0.39, 0.29) is 0 Å². The Morgan fingerprint density at radius 1 is 1.62 bits per heavy atom. The van der Waals surface area contributed by atoms with Crippen molar-refractivity contribution in [2.45, 2.75) is 25.1 Å². The third kappa shape index (κ3) is 4.21. The number of hydrogen-bond acceptors (Lipinski definition) is 4. The normalized spacial score (nSPS) is 12.1. The van der Waals surface area contributed by atoms with E-state index in [4.69, 9.17) is 5.26 Å². The zero-order chi connectivity index (χ0) is 11.8. The summed E-state index contributed by atoms with van der Waals surface area (Å²) in [6, 6.07) is 5.91. The monoisotopic (exact) mass is 235 g/mol. The van der Waals surface area contributed by atoms with Crippen LogP contribution in [-0.2, 0) is 6.54 Å². The molecule has 3 nitrogen and oxygen atoms in total. The van der Waals surface area contributed by atoms with E-state index >= 15 is 0 Å². The lowest BCUT2D eigenvalue weighted by atomic mass is 10.2. The molecule has 0 saturated carbocycles. The molecule has 1 unspecified atom stereocenters. The highest BCUT2D eigenvalue weighted by molar-refractivity contribution is 7.99. The number of rotatable bonds is 6. The molecule has 16 heavy (non-hydrogen) atoms. The number of hydrogen-bond donors (Lipinski definition) is 1. The molecule has 0 saturated heterocycles. The molecule has 1 rings (SSSR count). The summed E-state index contributed by atoms with van der Waals surface area (Å²) < 4.78 is 0. The van der Waals surface area contributed by atoms with Crippen molar-refractivity contribution in [1.29, 1.82) is 5.26 Å². The fraction of sp³-hybridized carbons (Fsp3) is 0.500. The van der Waals surface area contributed by atoms with E-state index in [2.05, 4.69) is 29.5 Å². The van der Waals surface area contributed by atoms with Crippen LogP contribution in [0.25, 0.3) is 0 Å². The van der Waals surface area contributed by atoms with Crippen molar-refractivity contribution in [2.24, 2.45) is 0 Å². The molecule has 0 aliphatic rings. The summed E-state index contributed by atoms with van der Waals surface area (Å²) in [5, 5.41) is 12.9. The Kier molecular flexibility index (Phi) is 5.91. The highest BCUT2D eigenvalue weighted by Gasteiger charge is 2.02. The fourth-order valence-corrected chi connectivity index (χ4v) is 1.68. The van der Waals surface area contributed by atoms with E-state index in [9.17, 15) is 0 Å². The Bertz CT molecular complexity index is 360. The van der Waals surface area contributed by atoms with Gasteiger partial charge >= 0.3 is 0 Å². The number of pyridine rings is 1. The Morgan fingerprint density at radius 2 is 2.44 bits per heavy atom. The molecule has 1 N–H and O–H groups in total. The number of nitriles is 1. The molecule has 1 heterocycles. The standard InChI is InChI=1S/C12H17N3S/c1-10(16-2)5-7-14-9-11-4-3-6-15-12(11)8-13/h3-4,6,10,14H,5,7,9H2,1-2H3. The zero-order valence-electron chi connectivity index (χ0n) is 9.73. The van der Waals surface area contributed by atoms with E-state index in [1.54, 1.807) is 6.20 Å². The first-order valence-corrected chi connectivity index (χ1v) is 6.64. The lowest BCUT2D eigenvalue weighted by Crippen LogP contribution is -2.18. The number of aromatic nitrogens is 1. The van der Waals surface area contributed by atoms with Crippen LogP contribution in [0.1, 0.15) is 24.6 Å². The van der Waals surface area contributed by atoms with Gasteiger partial charge in [-0.1, -0.05) is 13.0 Å². The van der Waals surface area contributed by atoms with Crippen LogP contribution >= 0.6 is 11.8 Å². The molecule has 4 heteroatoms. The molecule has 0 amide bonds. The van der Waals surface area contributed by atoms with Gasteiger partial charge < -0.3 is 5.32 Å². The van der Waals surface area contributed by atoms with Crippen LogP contribution in [0.5, 0.6) is 0 Å². The molecule has 86 valence electrons. The highest BCUT2D eigenvalue weighted by Crippen LogP contribution is 2.08. The summed E-state index contributed by atoms with van der Waals surface area (Å²) in [7, 11) is 0. The molecule has 0 fully saturated rings. The van der Waals surface area contributed by atoms with E-state index in [0.29, 0.717) is 10.9 Å². The third-order valence-electron chi connectivity index (χ3n) is 2.44. The van der Waals surface area contributed by atoms with Crippen molar-refractivity contribution < 1.29 is 0 Å². The maximum Gasteiger partial charge on any atom is 0.144 e. The maximum atomic E-state index is 8.86. The predicted molar refractivity (Wildman–Crippen MR) is 68.3 cm³/mol. The molecular weight excluding hydrogens is 218 g/mol. The van der Waals surface area contributed by atoms with Gasteiger partial charge in [0.15, 0.2) is 0 Å². The largest absolute Gasteiger partial charge is 0.313 e. The predicted octanol–water partition coefficient (Wildman–Crippen LogP) is 2.18. The average Bonchev–Trinajstić information content (AvgIpc) is 2.34. The highest BCUT2D eigenvalue weighted by atomic mass is 32.2. The summed E-state index contributed by atoms with van der Waals surface area (Å²) in [6.45, 7) is 3.91. The Hall–Kier alpha value is -1.05. The van der Waals surface area contributed by atoms with Crippen LogP contribution in [-0.4, -0.2) is 23.0 Å². The van der Waals surface area contributed by atoms with E-state index < -0.39 is 0 Å². The van der Waals surface area contributed by atoms with Crippen molar-refractivity contribution in [3.63, 3.8) is 0 Å². The first-order valence-electron chi connectivity index (χ1n) is 5.35. The van der Waals surface area contributed by atoms with Gasteiger partial charge in [0, 0.05) is 23.6 Å². The first kappa shape index (κ1) is 13.0. The van der Waals surface area contributed by atoms with Gasteiger partial charge in [-0.05, 0) is 25.3 Å². The van der Waals surface area contributed by atoms with Crippen LogP contribution in [0.15, 0.2) is 18.3 Å².